The lowest BCUT2D eigenvalue weighted by Gasteiger charge is -2.32. The minimum Gasteiger partial charge on any atom is -0.377 e. The average Bonchev–Trinajstić information content (AvgIpc) is 2.63. The molecule has 0 aromatic carbocycles. The van der Waals surface area contributed by atoms with Gasteiger partial charge in [0.05, 0.1) is 19.0 Å². The van der Waals surface area contributed by atoms with E-state index in [0.29, 0.717) is 13.1 Å². The summed E-state index contributed by atoms with van der Waals surface area (Å²) in [7, 11) is -3.07. The molecule has 0 unspecified atom stereocenters. The lowest BCUT2D eigenvalue weighted by atomic mass is 10.1. The molecule has 1 saturated heterocycles. The van der Waals surface area contributed by atoms with Gasteiger partial charge in [-0.1, -0.05) is 11.6 Å². The Balaban J connectivity index is 1.80. The second-order valence-corrected chi connectivity index (χ2v) is 8.67. The van der Waals surface area contributed by atoms with E-state index in [0.717, 1.165) is 57.9 Å². The van der Waals surface area contributed by atoms with Crippen LogP contribution in [0.1, 0.15) is 39.5 Å². The molecule has 0 aliphatic carbocycles. The Hall–Kier alpha value is -1.12. The summed E-state index contributed by atoms with van der Waals surface area (Å²) in [6, 6.07) is 0.267. The van der Waals surface area contributed by atoms with Crippen LogP contribution in [0.15, 0.2) is 16.6 Å². The monoisotopic (exact) mass is 372 g/mol. The van der Waals surface area contributed by atoms with Crippen molar-refractivity contribution in [1.82, 2.24) is 14.9 Å². The summed E-state index contributed by atoms with van der Waals surface area (Å²) in [5.74, 6) is 1.00. The fourth-order valence-corrected chi connectivity index (χ4v) is 4.21. The molecule has 0 spiro atoms. The summed E-state index contributed by atoms with van der Waals surface area (Å²) in [6.45, 7) is 8.01. The molecular formula is C17H32N4O3S. The largest absolute Gasteiger partial charge is 0.377 e. The van der Waals surface area contributed by atoms with Crippen molar-refractivity contribution in [3.63, 3.8) is 0 Å². The van der Waals surface area contributed by atoms with E-state index in [1.165, 1.54) is 5.57 Å². The number of nitrogens with zero attached hydrogens (tertiary/aromatic N) is 2. The number of guanidine groups is 1. The minimum atomic E-state index is -3.07. The molecule has 2 heterocycles. The average molecular weight is 373 g/mol. The van der Waals surface area contributed by atoms with Gasteiger partial charge in [-0.05, 0) is 39.5 Å². The van der Waals surface area contributed by atoms with Crippen molar-refractivity contribution in [3.8, 4) is 0 Å². The van der Waals surface area contributed by atoms with E-state index in [1.54, 1.807) is 11.2 Å². The molecule has 2 aliphatic rings. The van der Waals surface area contributed by atoms with Gasteiger partial charge in [0.1, 0.15) is 0 Å². The number of nitrogens with one attached hydrogen (secondary N) is 2. The number of hydrogen-bond donors (Lipinski definition) is 2. The zero-order valence-electron chi connectivity index (χ0n) is 15.5. The maximum Gasteiger partial charge on any atom is 0.213 e. The fourth-order valence-electron chi connectivity index (χ4n) is 3.08. The Morgan fingerprint density at radius 2 is 2.12 bits per heavy atom. The summed E-state index contributed by atoms with van der Waals surface area (Å²) in [5, 5.41) is 6.74. The maximum absolute atomic E-state index is 11.9. The van der Waals surface area contributed by atoms with Crippen molar-refractivity contribution in [3.05, 3.63) is 11.6 Å². The smallest absolute Gasteiger partial charge is 0.213 e. The van der Waals surface area contributed by atoms with Crippen molar-refractivity contribution in [1.29, 1.82) is 0 Å². The van der Waals surface area contributed by atoms with Crippen LogP contribution in [0.4, 0.5) is 0 Å². The predicted molar refractivity (Wildman–Crippen MR) is 101 cm³/mol. The van der Waals surface area contributed by atoms with E-state index in [9.17, 15) is 8.42 Å². The first-order valence-corrected chi connectivity index (χ1v) is 10.9. The molecule has 0 amide bonds. The molecule has 0 atom stereocenters. The Labute approximate surface area is 152 Å². The Morgan fingerprint density at radius 1 is 1.36 bits per heavy atom. The molecular weight excluding hydrogens is 340 g/mol. The van der Waals surface area contributed by atoms with Crippen LogP contribution in [0, 0.1) is 0 Å². The van der Waals surface area contributed by atoms with Crippen LogP contribution in [0.3, 0.4) is 0 Å². The quantitative estimate of drug-likeness (QED) is 0.397. The highest BCUT2D eigenvalue weighted by atomic mass is 32.2. The molecule has 144 valence electrons. The molecule has 1 fully saturated rings. The number of hydrogen-bond acceptors (Lipinski definition) is 4. The molecule has 0 saturated carbocycles. The highest BCUT2D eigenvalue weighted by Gasteiger charge is 2.26. The van der Waals surface area contributed by atoms with Crippen LogP contribution < -0.4 is 10.6 Å². The van der Waals surface area contributed by atoms with E-state index >= 15 is 0 Å². The second kappa shape index (κ2) is 10.1. The van der Waals surface area contributed by atoms with Crippen LogP contribution in [0.2, 0.25) is 0 Å². The standard InChI is InChI=1S/C17H32N4O3S/c1-3-18-17(19-10-5-15-8-13-24-14-9-15)20-16-6-11-21(12-7-16)25(22,23)4-2/h8,16H,3-7,9-14H2,1-2H3,(H2,18,19,20). The molecule has 2 aliphatic heterocycles. The van der Waals surface area contributed by atoms with Gasteiger partial charge in [0.15, 0.2) is 5.96 Å². The van der Waals surface area contributed by atoms with Gasteiger partial charge >= 0.3 is 0 Å². The first kappa shape index (κ1) is 20.2. The second-order valence-electron chi connectivity index (χ2n) is 6.42. The summed E-state index contributed by atoms with van der Waals surface area (Å²) >= 11 is 0. The topological polar surface area (TPSA) is 83.0 Å². The molecule has 8 heteroatoms. The Morgan fingerprint density at radius 3 is 2.72 bits per heavy atom. The van der Waals surface area contributed by atoms with E-state index in [1.807, 2.05) is 0 Å². The van der Waals surface area contributed by atoms with Crippen LogP contribution >= 0.6 is 0 Å². The molecule has 0 radical (unpaired) electrons. The number of piperidine rings is 1. The first-order valence-electron chi connectivity index (χ1n) is 9.33. The van der Waals surface area contributed by atoms with Crippen molar-refractivity contribution >= 4 is 16.0 Å². The number of sulfonamides is 1. The summed E-state index contributed by atoms with van der Waals surface area (Å²) < 4.78 is 30.8. The van der Waals surface area contributed by atoms with Gasteiger partial charge in [0, 0.05) is 32.2 Å². The van der Waals surface area contributed by atoms with Crippen molar-refractivity contribution in [2.24, 2.45) is 4.99 Å². The third-order valence-electron chi connectivity index (χ3n) is 4.66. The van der Waals surface area contributed by atoms with Gasteiger partial charge in [-0.3, -0.25) is 4.99 Å². The van der Waals surface area contributed by atoms with Crippen LogP contribution in [0.5, 0.6) is 0 Å². The van der Waals surface area contributed by atoms with E-state index in [4.69, 9.17) is 4.74 Å². The fraction of sp³-hybridized carbons (Fsp3) is 0.824. The van der Waals surface area contributed by atoms with Gasteiger partial charge in [0.25, 0.3) is 0 Å². The lowest BCUT2D eigenvalue weighted by molar-refractivity contribution is 0.153. The van der Waals surface area contributed by atoms with Crippen LogP contribution in [0.25, 0.3) is 0 Å². The summed E-state index contributed by atoms with van der Waals surface area (Å²) in [5.41, 5.74) is 1.42. The molecule has 0 aromatic rings. The molecule has 2 rings (SSSR count). The lowest BCUT2D eigenvalue weighted by Crippen LogP contribution is -2.50. The van der Waals surface area contributed by atoms with Crippen molar-refractivity contribution < 1.29 is 13.2 Å². The van der Waals surface area contributed by atoms with E-state index in [2.05, 4.69) is 28.6 Å². The predicted octanol–water partition coefficient (Wildman–Crippen LogP) is 1.09. The normalized spacial score (nSPS) is 21.0. The third kappa shape index (κ3) is 6.60. The highest BCUT2D eigenvalue weighted by molar-refractivity contribution is 7.89. The minimum absolute atomic E-state index is 0.177. The molecule has 0 bridgehead atoms. The molecule has 2 N–H and O–H groups in total. The van der Waals surface area contributed by atoms with Crippen LogP contribution in [-0.2, 0) is 14.8 Å². The van der Waals surface area contributed by atoms with Gasteiger partial charge in [-0.15, -0.1) is 0 Å². The van der Waals surface area contributed by atoms with Gasteiger partial charge in [0.2, 0.25) is 10.0 Å². The molecule has 7 nitrogen and oxygen atoms in total. The number of aliphatic imine (C=N–C) groups is 1. The molecule has 0 aromatic heterocycles. The van der Waals surface area contributed by atoms with Crippen molar-refractivity contribution in [2.45, 2.75) is 45.6 Å². The Kier molecular flexibility index (Phi) is 8.18. The summed E-state index contributed by atoms with van der Waals surface area (Å²) in [6.07, 6.45) is 5.75. The Bertz CT molecular complexity index is 566. The van der Waals surface area contributed by atoms with Gasteiger partial charge in [-0.25, -0.2) is 12.7 Å². The van der Waals surface area contributed by atoms with Gasteiger partial charge in [-0.2, -0.15) is 0 Å². The van der Waals surface area contributed by atoms with E-state index < -0.39 is 10.0 Å². The molecule has 25 heavy (non-hydrogen) atoms. The zero-order valence-corrected chi connectivity index (χ0v) is 16.3. The number of rotatable bonds is 7. The summed E-state index contributed by atoms with van der Waals surface area (Å²) in [4.78, 5) is 4.67. The van der Waals surface area contributed by atoms with Crippen molar-refractivity contribution in [2.75, 3.05) is 45.1 Å². The highest BCUT2D eigenvalue weighted by Crippen LogP contribution is 2.15. The number of ether oxygens (including phenoxy) is 1. The third-order valence-corrected chi connectivity index (χ3v) is 6.54. The van der Waals surface area contributed by atoms with E-state index in [-0.39, 0.29) is 11.8 Å². The maximum atomic E-state index is 11.9. The van der Waals surface area contributed by atoms with Crippen LogP contribution in [-0.4, -0.2) is 69.9 Å². The zero-order chi connectivity index (χ0) is 18.1. The van der Waals surface area contributed by atoms with Gasteiger partial charge < -0.3 is 15.4 Å². The SMILES string of the molecule is CCNC(=NCCC1=CCOCC1)NC1CCN(S(=O)(=O)CC)CC1. The first-order chi connectivity index (χ1) is 12.0.